The predicted molar refractivity (Wildman–Crippen MR) is 64.2 cm³/mol. The van der Waals surface area contributed by atoms with E-state index in [1.54, 1.807) is 4.68 Å². The van der Waals surface area contributed by atoms with E-state index in [1.807, 2.05) is 27.8 Å². The highest BCUT2D eigenvalue weighted by Gasteiger charge is 2.12. The first kappa shape index (κ1) is 12.7. The van der Waals surface area contributed by atoms with Crippen LogP contribution in [0.15, 0.2) is 0 Å². The zero-order valence-electron chi connectivity index (χ0n) is 10.4. The average molecular weight is 224 g/mol. The summed E-state index contributed by atoms with van der Waals surface area (Å²) >= 11 is 0. The first-order chi connectivity index (χ1) is 7.41. The van der Waals surface area contributed by atoms with Gasteiger partial charge in [-0.2, -0.15) is 5.10 Å². The van der Waals surface area contributed by atoms with Crippen molar-refractivity contribution in [2.45, 2.75) is 39.7 Å². The number of carbonyl (C=O) groups excluding carboxylic acids is 1. The Labute approximate surface area is 96.0 Å². The molecule has 1 unspecified atom stereocenters. The monoisotopic (exact) mass is 224 g/mol. The molecule has 0 aliphatic rings. The third kappa shape index (κ3) is 3.06. The summed E-state index contributed by atoms with van der Waals surface area (Å²) < 4.78 is 1.76. The smallest absolute Gasteiger partial charge is 0.224 e. The van der Waals surface area contributed by atoms with Crippen molar-refractivity contribution in [1.29, 1.82) is 0 Å². The molecule has 3 N–H and O–H groups in total. The van der Waals surface area contributed by atoms with Gasteiger partial charge in [0.1, 0.15) is 0 Å². The van der Waals surface area contributed by atoms with Gasteiger partial charge in [0.15, 0.2) is 0 Å². The normalized spacial score (nSPS) is 12.6. The third-order valence-corrected chi connectivity index (χ3v) is 2.60. The van der Waals surface area contributed by atoms with Gasteiger partial charge < -0.3 is 11.1 Å². The first-order valence-electron chi connectivity index (χ1n) is 5.47. The fourth-order valence-electron chi connectivity index (χ4n) is 1.52. The Morgan fingerprint density at radius 2 is 2.19 bits per heavy atom. The molecule has 0 saturated carbocycles. The Bertz CT molecular complexity index is 382. The van der Waals surface area contributed by atoms with Gasteiger partial charge in [-0.3, -0.25) is 9.48 Å². The van der Waals surface area contributed by atoms with Gasteiger partial charge in [-0.15, -0.1) is 0 Å². The minimum absolute atomic E-state index is 0.00324. The van der Waals surface area contributed by atoms with Crippen LogP contribution in [0.1, 0.15) is 31.2 Å². The van der Waals surface area contributed by atoms with Crippen molar-refractivity contribution in [3.05, 3.63) is 11.4 Å². The quantitative estimate of drug-likeness (QED) is 0.804. The maximum absolute atomic E-state index is 11.6. The standard InChI is InChI=1S/C11H20N4O/c1-7(12)5-6-10(16)13-11-8(2)14-15(4)9(11)3/h7H,5-6,12H2,1-4H3,(H,13,16). The lowest BCUT2D eigenvalue weighted by atomic mass is 10.2. The van der Waals surface area contributed by atoms with Crippen LogP contribution in [0.25, 0.3) is 0 Å². The fraction of sp³-hybridized carbons (Fsp3) is 0.636. The van der Waals surface area contributed by atoms with Gasteiger partial charge >= 0.3 is 0 Å². The number of aryl methyl sites for hydroxylation is 2. The minimum atomic E-state index is -0.00324. The molecule has 0 saturated heterocycles. The van der Waals surface area contributed by atoms with Crippen LogP contribution in [-0.4, -0.2) is 21.7 Å². The molecular weight excluding hydrogens is 204 g/mol. The predicted octanol–water partition coefficient (Wildman–Crippen LogP) is 1.10. The molecule has 1 rings (SSSR count). The molecule has 1 aromatic heterocycles. The Balaban J connectivity index is 2.63. The largest absolute Gasteiger partial charge is 0.328 e. The molecule has 0 bridgehead atoms. The van der Waals surface area contributed by atoms with Crippen molar-refractivity contribution in [3.63, 3.8) is 0 Å². The summed E-state index contributed by atoms with van der Waals surface area (Å²) in [6, 6.07) is 0.0573. The first-order valence-corrected chi connectivity index (χ1v) is 5.47. The van der Waals surface area contributed by atoms with Crippen LogP contribution in [0.4, 0.5) is 5.69 Å². The second kappa shape index (κ2) is 5.12. The van der Waals surface area contributed by atoms with E-state index in [2.05, 4.69) is 10.4 Å². The zero-order valence-corrected chi connectivity index (χ0v) is 10.4. The number of carbonyl (C=O) groups is 1. The van der Waals surface area contributed by atoms with Gasteiger partial charge in [0.25, 0.3) is 0 Å². The molecular formula is C11H20N4O. The molecule has 5 nitrogen and oxygen atoms in total. The molecule has 1 amide bonds. The van der Waals surface area contributed by atoms with Crippen molar-refractivity contribution in [2.24, 2.45) is 12.8 Å². The summed E-state index contributed by atoms with van der Waals surface area (Å²) in [7, 11) is 1.86. The van der Waals surface area contributed by atoms with Gasteiger partial charge in [0.2, 0.25) is 5.91 Å². The van der Waals surface area contributed by atoms with Crippen LogP contribution in [0.5, 0.6) is 0 Å². The Hall–Kier alpha value is -1.36. The third-order valence-electron chi connectivity index (χ3n) is 2.60. The Kier molecular flexibility index (Phi) is 4.06. The van der Waals surface area contributed by atoms with E-state index in [-0.39, 0.29) is 11.9 Å². The molecule has 1 atom stereocenters. The van der Waals surface area contributed by atoms with Crippen LogP contribution in [0.3, 0.4) is 0 Å². The van der Waals surface area contributed by atoms with E-state index >= 15 is 0 Å². The number of amides is 1. The number of nitrogens with two attached hydrogens (primary N) is 1. The van der Waals surface area contributed by atoms with Crippen LogP contribution in [0.2, 0.25) is 0 Å². The molecule has 1 aromatic rings. The van der Waals surface area contributed by atoms with Gasteiger partial charge in [-0.1, -0.05) is 0 Å². The molecule has 0 aliphatic heterocycles. The van der Waals surface area contributed by atoms with Crippen molar-refractivity contribution < 1.29 is 4.79 Å². The van der Waals surface area contributed by atoms with Crippen LogP contribution in [-0.2, 0) is 11.8 Å². The van der Waals surface area contributed by atoms with E-state index in [4.69, 9.17) is 5.73 Å². The highest BCUT2D eigenvalue weighted by Crippen LogP contribution is 2.18. The van der Waals surface area contributed by atoms with E-state index < -0.39 is 0 Å². The lowest BCUT2D eigenvalue weighted by Crippen LogP contribution is -2.19. The molecule has 0 fully saturated rings. The molecule has 1 heterocycles. The van der Waals surface area contributed by atoms with Crippen LogP contribution >= 0.6 is 0 Å². The SMILES string of the molecule is Cc1nn(C)c(C)c1NC(=O)CCC(C)N. The fourth-order valence-corrected chi connectivity index (χ4v) is 1.52. The molecule has 5 heteroatoms. The Morgan fingerprint density at radius 3 is 2.62 bits per heavy atom. The number of hydrogen-bond acceptors (Lipinski definition) is 3. The number of anilines is 1. The van der Waals surface area contributed by atoms with E-state index in [1.165, 1.54) is 0 Å². The van der Waals surface area contributed by atoms with Gasteiger partial charge in [-0.05, 0) is 27.2 Å². The Morgan fingerprint density at radius 1 is 1.56 bits per heavy atom. The summed E-state index contributed by atoms with van der Waals surface area (Å²) in [5, 5.41) is 7.11. The van der Waals surface area contributed by atoms with E-state index in [0.717, 1.165) is 17.1 Å². The second-order valence-electron chi connectivity index (χ2n) is 4.23. The van der Waals surface area contributed by atoms with Gasteiger partial charge in [0.05, 0.1) is 17.1 Å². The van der Waals surface area contributed by atoms with Crippen LogP contribution in [0, 0.1) is 13.8 Å². The molecule has 16 heavy (non-hydrogen) atoms. The lowest BCUT2D eigenvalue weighted by molar-refractivity contribution is -0.116. The molecule has 0 aromatic carbocycles. The molecule has 90 valence electrons. The summed E-state index contributed by atoms with van der Waals surface area (Å²) in [6.45, 7) is 5.71. The number of nitrogens with zero attached hydrogens (tertiary/aromatic N) is 2. The summed E-state index contributed by atoms with van der Waals surface area (Å²) in [5.41, 5.74) is 8.22. The van der Waals surface area contributed by atoms with Gasteiger partial charge in [-0.25, -0.2) is 0 Å². The van der Waals surface area contributed by atoms with Crippen molar-refractivity contribution >= 4 is 11.6 Å². The van der Waals surface area contributed by atoms with Crippen molar-refractivity contribution in [2.75, 3.05) is 5.32 Å². The molecule has 0 spiro atoms. The van der Waals surface area contributed by atoms with Crippen LogP contribution < -0.4 is 11.1 Å². The zero-order chi connectivity index (χ0) is 12.3. The topological polar surface area (TPSA) is 72.9 Å². The average Bonchev–Trinajstić information content (AvgIpc) is 2.42. The minimum Gasteiger partial charge on any atom is -0.328 e. The number of aromatic nitrogens is 2. The maximum atomic E-state index is 11.6. The molecule has 0 aliphatic carbocycles. The van der Waals surface area contributed by atoms with Crippen molar-refractivity contribution in [1.82, 2.24) is 9.78 Å². The second-order valence-corrected chi connectivity index (χ2v) is 4.23. The van der Waals surface area contributed by atoms with E-state index in [9.17, 15) is 4.79 Å². The highest BCUT2D eigenvalue weighted by atomic mass is 16.1. The summed E-state index contributed by atoms with van der Waals surface area (Å²) in [6.07, 6.45) is 1.15. The number of hydrogen-bond donors (Lipinski definition) is 2. The van der Waals surface area contributed by atoms with Gasteiger partial charge in [0, 0.05) is 19.5 Å². The number of rotatable bonds is 4. The summed E-state index contributed by atoms with van der Waals surface area (Å²) in [5.74, 6) is -0.00324. The highest BCUT2D eigenvalue weighted by molar-refractivity contribution is 5.91. The maximum Gasteiger partial charge on any atom is 0.224 e. The van der Waals surface area contributed by atoms with E-state index in [0.29, 0.717) is 12.8 Å². The molecule has 0 radical (unpaired) electrons. The lowest BCUT2D eigenvalue weighted by Gasteiger charge is -2.07. The number of nitrogens with one attached hydrogen (secondary N) is 1. The summed E-state index contributed by atoms with van der Waals surface area (Å²) in [4.78, 5) is 11.6. The van der Waals surface area contributed by atoms with Crippen molar-refractivity contribution in [3.8, 4) is 0 Å².